The van der Waals surface area contributed by atoms with Crippen LogP contribution >= 0.6 is 11.8 Å². The average Bonchev–Trinajstić information content (AvgIpc) is 3.29. The van der Waals surface area contributed by atoms with Gasteiger partial charge in [0.25, 0.3) is 5.78 Å². The number of nitrogens with zero attached hydrogens (tertiary/aromatic N) is 5. The van der Waals surface area contributed by atoms with Gasteiger partial charge in [-0.25, -0.2) is 9.50 Å². The lowest BCUT2D eigenvalue weighted by Gasteiger charge is -2.22. The second-order valence-corrected chi connectivity index (χ2v) is 7.66. The summed E-state index contributed by atoms with van der Waals surface area (Å²) in [5.41, 5.74) is 2.87. The molecule has 1 aromatic carbocycles. The van der Waals surface area contributed by atoms with Gasteiger partial charge in [-0.2, -0.15) is 4.98 Å². The third-order valence-electron chi connectivity index (χ3n) is 4.57. The van der Waals surface area contributed by atoms with Crippen LogP contribution in [-0.4, -0.2) is 43.5 Å². The van der Waals surface area contributed by atoms with Crippen molar-refractivity contribution in [1.82, 2.24) is 24.5 Å². The molecule has 0 saturated carbocycles. The van der Waals surface area contributed by atoms with Crippen molar-refractivity contribution in [3.05, 3.63) is 53.3 Å². The summed E-state index contributed by atoms with van der Waals surface area (Å²) >= 11 is 1.40. The number of aromatic nitrogens is 4. The van der Waals surface area contributed by atoms with E-state index in [0.29, 0.717) is 10.9 Å². The van der Waals surface area contributed by atoms with E-state index < -0.39 is 0 Å². The van der Waals surface area contributed by atoms with E-state index in [0.717, 1.165) is 42.9 Å². The number of aryl methyl sites for hydroxylation is 2. The first kappa shape index (κ1) is 17.0. The van der Waals surface area contributed by atoms with E-state index in [2.05, 4.69) is 15.1 Å². The Labute approximate surface area is 156 Å². The minimum absolute atomic E-state index is 0.137. The van der Waals surface area contributed by atoms with Gasteiger partial charge in [-0.3, -0.25) is 4.79 Å². The normalized spacial score (nSPS) is 15.5. The van der Waals surface area contributed by atoms with E-state index in [1.54, 1.807) is 4.52 Å². The molecule has 7 heteroatoms. The van der Waals surface area contributed by atoms with Gasteiger partial charge < -0.3 is 4.90 Å². The lowest BCUT2D eigenvalue weighted by Crippen LogP contribution is -2.31. The molecule has 26 heavy (non-hydrogen) atoms. The number of carbonyl (C=O) groups is 1. The molecular formula is C19H21N5OS. The van der Waals surface area contributed by atoms with E-state index in [1.807, 2.05) is 55.1 Å². The lowest BCUT2D eigenvalue weighted by molar-refractivity contribution is -0.129. The molecule has 1 aliphatic heterocycles. The van der Waals surface area contributed by atoms with Crippen molar-refractivity contribution < 1.29 is 4.79 Å². The zero-order chi connectivity index (χ0) is 18.1. The quantitative estimate of drug-likeness (QED) is 0.663. The Morgan fingerprint density at radius 3 is 2.58 bits per heavy atom. The number of hydrogen-bond donors (Lipinski definition) is 0. The van der Waals surface area contributed by atoms with E-state index >= 15 is 0 Å². The van der Waals surface area contributed by atoms with Gasteiger partial charge in [0.15, 0.2) is 0 Å². The van der Waals surface area contributed by atoms with Gasteiger partial charge >= 0.3 is 0 Å². The van der Waals surface area contributed by atoms with E-state index in [1.165, 1.54) is 11.8 Å². The Kier molecular flexibility index (Phi) is 4.63. The smallest absolute Gasteiger partial charge is 0.253 e. The van der Waals surface area contributed by atoms with Crippen LogP contribution in [0.1, 0.15) is 35.0 Å². The largest absolute Gasteiger partial charge is 0.341 e. The SMILES string of the molecule is Cc1cc(C)n2nc(S[C@H](C(=O)N3CCCC3)c3ccccc3)nc2n1. The fraction of sp³-hybridized carbons (Fsp3) is 0.368. The molecule has 1 aliphatic rings. The van der Waals surface area contributed by atoms with Crippen LogP contribution in [0.25, 0.3) is 5.78 Å². The summed E-state index contributed by atoms with van der Waals surface area (Å²) in [6.07, 6.45) is 2.15. The van der Waals surface area contributed by atoms with Crippen LogP contribution in [-0.2, 0) is 4.79 Å². The highest BCUT2D eigenvalue weighted by molar-refractivity contribution is 8.00. The molecule has 0 radical (unpaired) electrons. The highest BCUT2D eigenvalue weighted by Crippen LogP contribution is 2.36. The summed E-state index contributed by atoms with van der Waals surface area (Å²) in [6.45, 7) is 5.59. The van der Waals surface area contributed by atoms with Crippen molar-refractivity contribution >= 4 is 23.4 Å². The van der Waals surface area contributed by atoms with Crippen molar-refractivity contribution in [2.45, 2.75) is 37.1 Å². The van der Waals surface area contributed by atoms with Crippen LogP contribution < -0.4 is 0 Å². The molecule has 0 N–H and O–H groups in total. The standard InChI is InChI=1S/C19H21N5OS/c1-13-12-14(2)24-18(20-13)21-19(22-24)26-16(15-8-4-3-5-9-15)17(25)23-10-6-7-11-23/h3-5,8-9,12,16H,6-7,10-11H2,1-2H3/t16-/m0/s1. The predicted octanol–water partition coefficient (Wildman–Crippen LogP) is 3.20. The molecule has 2 aromatic heterocycles. The second-order valence-electron chi connectivity index (χ2n) is 6.59. The first-order valence-corrected chi connectivity index (χ1v) is 9.71. The number of likely N-dealkylation sites (tertiary alicyclic amines) is 1. The number of hydrogen-bond acceptors (Lipinski definition) is 5. The molecule has 134 valence electrons. The number of benzene rings is 1. The fourth-order valence-electron chi connectivity index (χ4n) is 3.30. The fourth-order valence-corrected chi connectivity index (χ4v) is 4.31. The van der Waals surface area contributed by atoms with E-state index in [9.17, 15) is 4.79 Å². The maximum absolute atomic E-state index is 13.1. The Morgan fingerprint density at radius 1 is 1.12 bits per heavy atom. The molecule has 0 bridgehead atoms. The van der Waals surface area contributed by atoms with Gasteiger partial charge in [-0.15, -0.1) is 5.10 Å². The van der Waals surface area contributed by atoms with Gasteiger partial charge in [0, 0.05) is 24.5 Å². The summed E-state index contributed by atoms with van der Waals surface area (Å²) in [7, 11) is 0. The van der Waals surface area contributed by atoms with Crippen LogP contribution in [0.4, 0.5) is 0 Å². The molecule has 1 atom stereocenters. The third-order valence-corrected chi connectivity index (χ3v) is 5.66. The number of amides is 1. The molecule has 3 heterocycles. The van der Waals surface area contributed by atoms with E-state index in [4.69, 9.17) is 0 Å². The number of fused-ring (bicyclic) bond motifs is 1. The topological polar surface area (TPSA) is 63.4 Å². The van der Waals surface area contributed by atoms with E-state index in [-0.39, 0.29) is 11.2 Å². The minimum Gasteiger partial charge on any atom is -0.341 e. The lowest BCUT2D eigenvalue weighted by atomic mass is 10.1. The molecule has 4 rings (SSSR count). The Hall–Kier alpha value is -2.41. The molecule has 1 fully saturated rings. The Balaban J connectivity index is 1.68. The summed E-state index contributed by atoms with van der Waals surface area (Å²) in [6, 6.07) is 11.9. The molecule has 0 aliphatic carbocycles. The molecule has 1 saturated heterocycles. The van der Waals surface area contributed by atoms with Crippen LogP contribution in [0.2, 0.25) is 0 Å². The molecule has 0 unspecified atom stereocenters. The molecule has 0 spiro atoms. The van der Waals surface area contributed by atoms with Crippen LogP contribution in [0.5, 0.6) is 0 Å². The number of thioether (sulfide) groups is 1. The van der Waals surface area contributed by atoms with Gasteiger partial charge in [0.2, 0.25) is 11.1 Å². The van der Waals surface area contributed by atoms with Crippen molar-refractivity contribution in [3.8, 4) is 0 Å². The van der Waals surface area contributed by atoms with Crippen molar-refractivity contribution in [3.63, 3.8) is 0 Å². The van der Waals surface area contributed by atoms with Gasteiger partial charge in [0.05, 0.1) is 0 Å². The molecule has 3 aromatic rings. The highest BCUT2D eigenvalue weighted by atomic mass is 32.2. The summed E-state index contributed by atoms with van der Waals surface area (Å²) < 4.78 is 1.73. The highest BCUT2D eigenvalue weighted by Gasteiger charge is 2.30. The second kappa shape index (κ2) is 7.07. The first-order chi connectivity index (χ1) is 12.6. The number of rotatable bonds is 4. The van der Waals surface area contributed by atoms with Crippen molar-refractivity contribution in [1.29, 1.82) is 0 Å². The zero-order valence-corrected chi connectivity index (χ0v) is 15.7. The van der Waals surface area contributed by atoms with Gasteiger partial charge in [-0.05, 0) is 38.3 Å². The monoisotopic (exact) mass is 367 g/mol. The summed E-state index contributed by atoms with van der Waals surface area (Å²) in [4.78, 5) is 24.0. The first-order valence-electron chi connectivity index (χ1n) is 8.83. The van der Waals surface area contributed by atoms with Crippen molar-refractivity contribution in [2.75, 3.05) is 13.1 Å². The summed E-state index contributed by atoms with van der Waals surface area (Å²) in [5.74, 6) is 0.712. The zero-order valence-electron chi connectivity index (χ0n) is 14.9. The molecule has 6 nitrogen and oxygen atoms in total. The summed E-state index contributed by atoms with van der Waals surface area (Å²) in [5, 5.41) is 4.80. The van der Waals surface area contributed by atoms with Crippen LogP contribution in [0.3, 0.4) is 0 Å². The molecule has 1 amide bonds. The van der Waals surface area contributed by atoms with Gasteiger partial charge in [0.1, 0.15) is 5.25 Å². The van der Waals surface area contributed by atoms with Crippen LogP contribution in [0.15, 0.2) is 41.6 Å². The third kappa shape index (κ3) is 3.31. The molecular weight excluding hydrogens is 346 g/mol. The number of carbonyl (C=O) groups excluding carboxylic acids is 1. The minimum atomic E-state index is -0.340. The average molecular weight is 367 g/mol. The van der Waals surface area contributed by atoms with Crippen molar-refractivity contribution in [2.24, 2.45) is 0 Å². The maximum Gasteiger partial charge on any atom is 0.253 e. The van der Waals surface area contributed by atoms with Gasteiger partial charge in [-0.1, -0.05) is 42.1 Å². The van der Waals surface area contributed by atoms with Crippen LogP contribution in [0, 0.1) is 13.8 Å². The Bertz CT molecular complexity index is 934. The Morgan fingerprint density at radius 2 is 1.85 bits per heavy atom. The predicted molar refractivity (Wildman–Crippen MR) is 101 cm³/mol. The maximum atomic E-state index is 13.1.